The van der Waals surface area contributed by atoms with Gasteiger partial charge in [0.25, 0.3) is 11.5 Å². The highest BCUT2D eigenvalue weighted by atomic mass is 16.5. The van der Waals surface area contributed by atoms with Crippen molar-refractivity contribution in [2.75, 3.05) is 13.2 Å². The average Bonchev–Trinajstić information content (AvgIpc) is 3.59. The summed E-state index contributed by atoms with van der Waals surface area (Å²) < 4.78 is 8.57. The summed E-state index contributed by atoms with van der Waals surface area (Å²) in [6, 6.07) is 15.9. The summed E-state index contributed by atoms with van der Waals surface area (Å²) in [6.07, 6.45) is 4.25. The second kappa shape index (κ2) is 10.2. The van der Waals surface area contributed by atoms with Gasteiger partial charge in [0, 0.05) is 30.5 Å². The molecule has 0 saturated carbocycles. The molecule has 1 unspecified atom stereocenters. The van der Waals surface area contributed by atoms with Crippen molar-refractivity contribution in [3.8, 4) is 17.5 Å². The first-order chi connectivity index (χ1) is 19.0. The van der Waals surface area contributed by atoms with Crippen molar-refractivity contribution in [3.63, 3.8) is 0 Å². The number of aromatic nitrogens is 5. The van der Waals surface area contributed by atoms with Crippen LogP contribution in [0.2, 0.25) is 0 Å². The molecule has 0 spiro atoms. The minimum Gasteiger partial charge on any atom is -0.380 e. The van der Waals surface area contributed by atoms with Gasteiger partial charge in [-0.15, -0.1) is 0 Å². The molecule has 1 N–H and O–H groups in total. The lowest BCUT2D eigenvalue weighted by Crippen LogP contribution is -2.33. The first kappa shape index (κ1) is 24.5. The molecule has 194 valence electrons. The van der Waals surface area contributed by atoms with Crippen molar-refractivity contribution in [3.05, 3.63) is 100.0 Å². The molecule has 1 fully saturated rings. The van der Waals surface area contributed by atoms with Crippen LogP contribution in [0.15, 0.2) is 71.8 Å². The summed E-state index contributed by atoms with van der Waals surface area (Å²) in [5.41, 5.74) is 2.94. The smallest absolute Gasteiger partial charge is 0.267 e. The van der Waals surface area contributed by atoms with Gasteiger partial charge in [0.1, 0.15) is 11.4 Å². The third-order valence-electron chi connectivity index (χ3n) is 6.81. The van der Waals surface area contributed by atoms with E-state index in [1.807, 2.05) is 49.4 Å². The third kappa shape index (κ3) is 4.56. The fraction of sp³-hybridized carbons (Fsp3) is 0.233. The van der Waals surface area contributed by atoms with E-state index in [4.69, 9.17) is 9.72 Å². The Morgan fingerprint density at radius 2 is 2.00 bits per heavy atom. The second-order valence-electron chi connectivity index (χ2n) is 9.52. The van der Waals surface area contributed by atoms with Crippen LogP contribution >= 0.6 is 0 Å². The fourth-order valence-electron chi connectivity index (χ4n) is 4.89. The molecular formula is C30H26N6O3. The van der Waals surface area contributed by atoms with E-state index >= 15 is 0 Å². The van der Waals surface area contributed by atoms with Gasteiger partial charge < -0.3 is 10.1 Å². The van der Waals surface area contributed by atoms with E-state index in [1.54, 1.807) is 40.5 Å². The van der Waals surface area contributed by atoms with Crippen LogP contribution in [0.3, 0.4) is 0 Å². The highest BCUT2D eigenvalue weighted by Crippen LogP contribution is 2.22. The molecule has 5 aromatic rings. The van der Waals surface area contributed by atoms with Crippen molar-refractivity contribution in [1.29, 1.82) is 0 Å². The number of nitrogens with one attached hydrogen (secondary N) is 1. The van der Waals surface area contributed by atoms with Crippen LogP contribution in [0.1, 0.15) is 46.8 Å². The fourth-order valence-corrected chi connectivity index (χ4v) is 4.89. The van der Waals surface area contributed by atoms with Gasteiger partial charge in [-0.1, -0.05) is 36.1 Å². The normalized spacial score (nSPS) is 15.7. The number of rotatable bonds is 4. The van der Waals surface area contributed by atoms with Crippen molar-refractivity contribution in [1.82, 2.24) is 29.5 Å². The van der Waals surface area contributed by atoms with E-state index < -0.39 is 6.04 Å². The van der Waals surface area contributed by atoms with Gasteiger partial charge in [-0.3, -0.25) is 14.2 Å². The van der Waals surface area contributed by atoms with Crippen LogP contribution in [-0.4, -0.2) is 43.3 Å². The first-order valence-electron chi connectivity index (χ1n) is 12.8. The van der Waals surface area contributed by atoms with E-state index in [0.29, 0.717) is 58.1 Å². The first-order valence-corrected chi connectivity index (χ1v) is 12.8. The molecule has 2 atom stereocenters. The van der Waals surface area contributed by atoms with E-state index in [1.165, 1.54) is 0 Å². The maximum Gasteiger partial charge on any atom is 0.267 e. The molecule has 0 radical (unpaired) electrons. The Hall–Kier alpha value is -4.81. The van der Waals surface area contributed by atoms with E-state index in [9.17, 15) is 9.59 Å². The molecular weight excluding hydrogens is 492 g/mol. The minimum atomic E-state index is -0.613. The predicted molar refractivity (Wildman–Crippen MR) is 147 cm³/mol. The van der Waals surface area contributed by atoms with Crippen molar-refractivity contribution >= 4 is 22.5 Å². The van der Waals surface area contributed by atoms with Gasteiger partial charge in [0.2, 0.25) is 0 Å². The number of hydrogen-bond donors (Lipinski definition) is 1. The van der Waals surface area contributed by atoms with Gasteiger partial charge in [-0.05, 0) is 50.6 Å². The summed E-state index contributed by atoms with van der Waals surface area (Å²) >= 11 is 0. The van der Waals surface area contributed by atoms with E-state index in [-0.39, 0.29) is 17.4 Å². The topological polar surface area (TPSA) is 103 Å². The van der Waals surface area contributed by atoms with Gasteiger partial charge in [-0.25, -0.2) is 14.5 Å². The zero-order valence-corrected chi connectivity index (χ0v) is 21.6. The number of para-hydroxylation sites is 1. The number of carbonyl (C=O) groups excluding carboxylic acids is 1. The molecule has 0 bridgehead atoms. The molecule has 0 aliphatic carbocycles. The number of benzene rings is 2. The monoisotopic (exact) mass is 518 g/mol. The lowest BCUT2D eigenvalue weighted by molar-refractivity contribution is 0.0938. The lowest BCUT2D eigenvalue weighted by Gasteiger charge is -2.20. The van der Waals surface area contributed by atoms with E-state index in [2.05, 4.69) is 27.2 Å². The van der Waals surface area contributed by atoms with Crippen molar-refractivity contribution in [2.45, 2.75) is 26.3 Å². The molecule has 1 saturated heterocycles. The van der Waals surface area contributed by atoms with Crippen LogP contribution in [0.5, 0.6) is 0 Å². The third-order valence-corrected chi connectivity index (χ3v) is 6.81. The Morgan fingerprint density at radius 1 is 1.15 bits per heavy atom. The summed E-state index contributed by atoms with van der Waals surface area (Å²) in [5.74, 6) is 6.67. The molecule has 1 aliphatic rings. The predicted octanol–water partition coefficient (Wildman–Crippen LogP) is 3.62. The Balaban J connectivity index is 1.46. The maximum absolute atomic E-state index is 14.1. The van der Waals surface area contributed by atoms with Crippen LogP contribution in [0.4, 0.5) is 0 Å². The molecule has 9 nitrogen and oxygen atoms in total. The maximum atomic E-state index is 14.1. The van der Waals surface area contributed by atoms with Crippen LogP contribution in [0.25, 0.3) is 22.2 Å². The molecule has 4 heterocycles. The molecule has 3 aromatic heterocycles. The van der Waals surface area contributed by atoms with Gasteiger partial charge in [0.05, 0.1) is 34.9 Å². The summed E-state index contributed by atoms with van der Waals surface area (Å²) in [4.78, 5) is 36.8. The SMILES string of the molecule is Cc1nn2cccnc2c1C(=O)N[C@@H](C)c1nc2cccc(C#CC3CCOC3)c2c(=O)n1-c1ccccc1. The Morgan fingerprint density at radius 3 is 2.79 bits per heavy atom. The quantitative estimate of drug-likeness (QED) is 0.365. The lowest BCUT2D eigenvalue weighted by atomic mass is 10.1. The molecule has 2 aromatic carbocycles. The highest BCUT2D eigenvalue weighted by molar-refractivity contribution is 6.01. The second-order valence-corrected chi connectivity index (χ2v) is 9.52. The van der Waals surface area contributed by atoms with Crippen LogP contribution in [-0.2, 0) is 4.74 Å². The zero-order valence-electron chi connectivity index (χ0n) is 21.6. The van der Waals surface area contributed by atoms with Crippen LogP contribution < -0.4 is 10.9 Å². The van der Waals surface area contributed by atoms with Gasteiger partial charge in [-0.2, -0.15) is 5.10 Å². The number of aryl methyl sites for hydroxylation is 1. The standard InChI is InChI=1S/C30H26N6O3/c1-19-25(28-31-15-7-16-35(28)34-19)29(37)32-20(2)27-33-24-11-6-8-22(13-12-21-14-17-39-18-21)26(24)30(38)36(27)23-9-4-3-5-10-23/h3-11,15-16,20-21H,14,17-18H2,1-2H3,(H,32,37)/t20-,21?/m0/s1. The Labute approximate surface area is 224 Å². The van der Waals surface area contributed by atoms with Crippen molar-refractivity contribution < 1.29 is 9.53 Å². The van der Waals surface area contributed by atoms with Crippen molar-refractivity contribution in [2.24, 2.45) is 5.92 Å². The van der Waals surface area contributed by atoms with E-state index in [0.717, 1.165) is 6.42 Å². The number of fused-ring (bicyclic) bond motifs is 2. The summed E-state index contributed by atoms with van der Waals surface area (Å²) in [7, 11) is 0. The molecule has 1 aliphatic heterocycles. The highest BCUT2D eigenvalue weighted by Gasteiger charge is 2.24. The molecule has 1 amide bonds. The number of amides is 1. The number of carbonyl (C=O) groups is 1. The van der Waals surface area contributed by atoms with Gasteiger partial charge >= 0.3 is 0 Å². The molecule has 39 heavy (non-hydrogen) atoms. The minimum absolute atomic E-state index is 0.150. The average molecular weight is 519 g/mol. The number of nitrogens with zero attached hydrogens (tertiary/aromatic N) is 5. The number of ether oxygens (including phenoxy) is 1. The largest absolute Gasteiger partial charge is 0.380 e. The molecule has 6 rings (SSSR count). The Kier molecular flexibility index (Phi) is 6.39. The van der Waals surface area contributed by atoms with Crippen LogP contribution in [0, 0.1) is 24.7 Å². The summed E-state index contributed by atoms with van der Waals surface area (Å²) in [6.45, 7) is 4.88. The van der Waals surface area contributed by atoms with Gasteiger partial charge in [0.15, 0.2) is 5.65 Å². The zero-order chi connectivity index (χ0) is 26.9. The summed E-state index contributed by atoms with van der Waals surface area (Å²) in [5, 5.41) is 7.85. The number of hydrogen-bond acceptors (Lipinski definition) is 6. The molecule has 9 heteroatoms. The Bertz CT molecular complexity index is 1820.